The van der Waals surface area contributed by atoms with E-state index in [0.717, 1.165) is 12.0 Å². The molecule has 0 aliphatic rings. The number of esters is 1. The highest BCUT2D eigenvalue weighted by molar-refractivity contribution is 5.86. The number of hydrogen-bond acceptors (Lipinski definition) is 5. The van der Waals surface area contributed by atoms with Gasteiger partial charge in [0.05, 0.1) is 20.1 Å². The van der Waals surface area contributed by atoms with Crippen molar-refractivity contribution in [3.8, 4) is 5.75 Å². The minimum atomic E-state index is -0.514. The lowest BCUT2D eigenvalue weighted by atomic mass is 10.1. The van der Waals surface area contributed by atoms with E-state index in [-0.39, 0.29) is 18.9 Å². The molecule has 1 aromatic carbocycles. The number of carbonyl (C=O) groups is 3. The maximum Gasteiger partial charge on any atom is 0.310 e. The smallest absolute Gasteiger partial charge is 0.310 e. The van der Waals surface area contributed by atoms with Gasteiger partial charge in [-0.3, -0.25) is 14.4 Å². The van der Waals surface area contributed by atoms with Gasteiger partial charge in [0.1, 0.15) is 5.75 Å². The van der Waals surface area contributed by atoms with Crippen LogP contribution in [0.25, 0.3) is 0 Å². The molecule has 2 amide bonds. The third-order valence-electron chi connectivity index (χ3n) is 2.89. The second kappa shape index (κ2) is 10.2. The van der Waals surface area contributed by atoms with Gasteiger partial charge in [-0.2, -0.15) is 0 Å². The van der Waals surface area contributed by atoms with Crippen molar-refractivity contribution in [3.63, 3.8) is 0 Å². The van der Waals surface area contributed by atoms with Gasteiger partial charge in [0.25, 0.3) is 5.91 Å². The Morgan fingerprint density at radius 3 is 2.35 bits per heavy atom. The van der Waals surface area contributed by atoms with Crippen LogP contribution in [0.2, 0.25) is 0 Å². The molecular weight excluding hydrogens is 300 g/mol. The van der Waals surface area contributed by atoms with Crippen LogP contribution in [0.5, 0.6) is 5.75 Å². The summed E-state index contributed by atoms with van der Waals surface area (Å²) in [7, 11) is 1.56. The van der Waals surface area contributed by atoms with Crippen LogP contribution in [0.4, 0.5) is 0 Å². The molecule has 0 heterocycles. The molecule has 0 aromatic heterocycles. The largest absolute Gasteiger partial charge is 0.497 e. The van der Waals surface area contributed by atoms with E-state index in [1.165, 1.54) is 0 Å². The second-order valence-electron chi connectivity index (χ2n) is 4.81. The highest BCUT2D eigenvalue weighted by Crippen LogP contribution is 2.11. The molecule has 1 aromatic rings. The second-order valence-corrected chi connectivity index (χ2v) is 4.81. The van der Waals surface area contributed by atoms with E-state index in [1.807, 2.05) is 6.92 Å². The van der Waals surface area contributed by atoms with E-state index >= 15 is 0 Å². The Labute approximate surface area is 135 Å². The molecule has 2 N–H and O–H groups in total. The van der Waals surface area contributed by atoms with Gasteiger partial charge in [0.2, 0.25) is 5.91 Å². The first kappa shape index (κ1) is 18.5. The molecule has 0 saturated heterocycles. The SMILES string of the molecule is CCCNC(=O)CNC(=O)COC(=O)Cc1ccc(OC)cc1. The Bertz CT molecular complexity index is 528. The third-order valence-corrected chi connectivity index (χ3v) is 2.89. The van der Waals surface area contributed by atoms with Crippen molar-refractivity contribution >= 4 is 17.8 Å². The number of hydrogen-bond donors (Lipinski definition) is 2. The summed E-state index contributed by atoms with van der Waals surface area (Å²) in [6, 6.07) is 6.98. The molecule has 0 aliphatic carbocycles. The van der Waals surface area contributed by atoms with Crippen molar-refractivity contribution in [1.29, 1.82) is 0 Å². The standard InChI is InChI=1S/C16H22N2O5/c1-3-8-17-14(19)10-18-15(20)11-23-16(21)9-12-4-6-13(22-2)7-5-12/h4-7H,3,8-11H2,1-2H3,(H,17,19)(H,18,20). The van der Waals surface area contributed by atoms with Crippen LogP contribution >= 0.6 is 0 Å². The van der Waals surface area contributed by atoms with Crippen molar-refractivity contribution in [2.24, 2.45) is 0 Å². The first-order chi connectivity index (χ1) is 11.0. The van der Waals surface area contributed by atoms with E-state index in [2.05, 4.69) is 10.6 Å². The maximum absolute atomic E-state index is 11.6. The lowest BCUT2D eigenvalue weighted by Gasteiger charge is -2.07. The zero-order valence-corrected chi connectivity index (χ0v) is 13.4. The summed E-state index contributed by atoms with van der Waals surface area (Å²) in [5.74, 6) is -0.604. The number of nitrogens with one attached hydrogen (secondary N) is 2. The van der Waals surface area contributed by atoms with E-state index in [4.69, 9.17) is 9.47 Å². The molecule has 0 bridgehead atoms. The number of amides is 2. The number of benzene rings is 1. The fourth-order valence-corrected chi connectivity index (χ4v) is 1.66. The Morgan fingerprint density at radius 1 is 1.04 bits per heavy atom. The van der Waals surface area contributed by atoms with Gasteiger partial charge in [0.15, 0.2) is 6.61 Å². The zero-order chi connectivity index (χ0) is 17.1. The molecule has 0 radical (unpaired) electrons. The number of ether oxygens (including phenoxy) is 2. The summed E-state index contributed by atoms with van der Waals surface area (Å²) in [4.78, 5) is 34.4. The molecule has 0 fully saturated rings. The van der Waals surface area contributed by atoms with Crippen molar-refractivity contribution in [1.82, 2.24) is 10.6 Å². The highest BCUT2D eigenvalue weighted by atomic mass is 16.5. The summed E-state index contributed by atoms with van der Waals surface area (Å²) < 4.78 is 9.89. The number of methoxy groups -OCH3 is 1. The van der Waals surface area contributed by atoms with E-state index < -0.39 is 18.5 Å². The van der Waals surface area contributed by atoms with Gasteiger partial charge in [-0.25, -0.2) is 0 Å². The minimum Gasteiger partial charge on any atom is -0.497 e. The van der Waals surface area contributed by atoms with Crippen LogP contribution in [-0.4, -0.2) is 44.6 Å². The number of carbonyl (C=O) groups excluding carboxylic acids is 3. The molecule has 23 heavy (non-hydrogen) atoms. The predicted octanol–water partition coefficient (Wildman–Crippen LogP) is 0.423. The summed E-state index contributed by atoms with van der Waals surface area (Å²) >= 11 is 0. The molecule has 7 nitrogen and oxygen atoms in total. The first-order valence-electron chi connectivity index (χ1n) is 7.37. The molecule has 0 aliphatic heterocycles. The Morgan fingerprint density at radius 2 is 1.74 bits per heavy atom. The van der Waals surface area contributed by atoms with Crippen LogP contribution < -0.4 is 15.4 Å². The molecule has 0 atom stereocenters. The average Bonchev–Trinajstić information content (AvgIpc) is 2.57. The summed E-state index contributed by atoms with van der Waals surface area (Å²) in [6.07, 6.45) is 0.886. The van der Waals surface area contributed by atoms with Crippen LogP contribution in [0.3, 0.4) is 0 Å². The monoisotopic (exact) mass is 322 g/mol. The van der Waals surface area contributed by atoms with Crippen molar-refractivity contribution in [2.75, 3.05) is 26.8 Å². The van der Waals surface area contributed by atoms with Gasteiger partial charge >= 0.3 is 5.97 Å². The lowest BCUT2D eigenvalue weighted by Crippen LogP contribution is -2.39. The molecule has 0 saturated carbocycles. The van der Waals surface area contributed by atoms with Crippen LogP contribution in [0.1, 0.15) is 18.9 Å². The molecule has 0 unspecified atom stereocenters. The van der Waals surface area contributed by atoms with Gasteiger partial charge in [-0.15, -0.1) is 0 Å². The van der Waals surface area contributed by atoms with Gasteiger partial charge in [0, 0.05) is 6.54 Å². The Kier molecular flexibility index (Phi) is 8.20. The fourth-order valence-electron chi connectivity index (χ4n) is 1.66. The molecule has 0 spiro atoms. The summed E-state index contributed by atoms with van der Waals surface area (Å²) in [6.45, 7) is 1.96. The van der Waals surface area contributed by atoms with Crippen LogP contribution in [0.15, 0.2) is 24.3 Å². The topological polar surface area (TPSA) is 93.7 Å². The van der Waals surface area contributed by atoms with Crippen LogP contribution in [0, 0.1) is 0 Å². The Balaban J connectivity index is 2.24. The Hall–Kier alpha value is -2.57. The van der Waals surface area contributed by atoms with Crippen molar-refractivity contribution in [2.45, 2.75) is 19.8 Å². The van der Waals surface area contributed by atoms with E-state index in [9.17, 15) is 14.4 Å². The van der Waals surface area contributed by atoms with Crippen molar-refractivity contribution in [3.05, 3.63) is 29.8 Å². The van der Waals surface area contributed by atoms with E-state index in [1.54, 1.807) is 31.4 Å². The normalized spacial score (nSPS) is 9.83. The maximum atomic E-state index is 11.6. The zero-order valence-electron chi connectivity index (χ0n) is 13.4. The lowest BCUT2D eigenvalue weighted by molar-refractivity contribution is -0.147. The minimum absolute atomic E-state index is 0.0638. The van der Waals surface area contributed by atoms with Gasteiger partial charge in [-0.1, -0.05) is 19.1 Å². The predicted molar refractivity (Wildman–Crippen MR) is 84.0 cm³/mol. The third kappa shape index (κ3) is 7.85. The highest BCUT2D eigenvalue weighted by Gasteiger charge is 2.10. The number of rotatable bonds is 9. The summed E-state index contributed by atoms with van der Waals surface area (Å²) in [5.41, 5.74) is 0.759. The quantitative estimate of drug-likeness (QED) is 0.643. The van der Waals surface area contributed by atoms with E-state index in [0.29, 0.717) is 12.3 Å². The summed E-state index contributed by atoms with van der Waals surface area (Å²) in [5, 5.41) is 5.00. The van der Waals surface area contributed by atoms with Gasteiger partial charge in [-0.05, 0) is 24.1 Å². The fraction of sp³-hybridized carbons (Fsp3) is 0.438. The molecule has 1 rings (SSSR count). The average molecular weight is 322 g/mol. The van der Waals surface area contributed by atoms with Crippen LogP contribution in [-0.2, 0) is 25.5 Å². The molecule has 126 valence electrons. The van der Waals surface area contributed by atoms with Gasteiger partial charge < -0.3 is 20.1 Å². The molecule has 7 heteroatoms. The first-order valence-corrected chi connectivity index (χ1v) is 7.37. The molecular formula is C16H22N2O5. The van der Waals surface area contributed by atoms with Crippen molar-refractivity contribution < 1.29 is 23.9 Å².